The van der Waals surface area contributed by atoms with E-state index in [1.165, 1.54) is 6.92 Å². The van der Waals surface area contributed by atoms with Gasteiger partial charge in [-0.15, -0.1) is 0 Å². The van der Waals surface area contributed by atoms with E-state index in [1.54, 1.807) is 5.06 Å². The van der Waals surface area contributed by atoms with Crippen LogP contribution in [0.3, 0.4) is 0 Å². The van der Waals surface area contributed by atoms with E-state index >= 15 is 0 Å². The average molecular weight is 330 g/mol. The Labute approximate surface area is 139 Å². The number of nitrogens with zero attached hydrogens (tertiary/aromatic N) is 1. The largest absolute Gasteiger partial charge is 0.463 e. The van der Waals surface area contributed by atoms with Crippen molar-refractivity contribution in [3.05, 3.63) is 0 Å². The molecule has 5 unspecified atom stereocenters. The lowest BCUT2D eigenvalue weighted by Gasteiger charge is -2.57. The SMILES string of the molecule is CCC1(C)CC2(OCC(COC(C)=O)O2)C(C)C(C)(CC)N1[OH2+]. The number of rotatable bonds is 4. The van der Waals surface area contributed by atoms with Gasteiger partial charge in [-0.1, -0.05) is 25.8 Å². The molecule has 134 valence electrons. The third-order valence-electron chi connectivity index (χ3n) is 6.10. The summed E-state index contributed by atoms with van der Waals surface area (Å²) in [6.45, 7) is 12.6. The number of hydrogen-bond acceptors (Lipinski definition) is 5. The molecule has 6 heteroatoms. The molecule has 0 aromatic heterocycles. The molecule has 1 spiro atoms. The van der Waals surface area contributed by atoms with Crippen molar-refractivity contribution in [2.45, 2.75) is 83.8 Å². The van der Waals surface area contributed by atoms with Crippen LogP contribution in [0.2, 0.25) is 0 Å². The van der Waals surface area contributed by atoms with E-state index in [2.05, 4.69) is 34.6 Å². The van der Waals surface area contributed by atoms with Gasteiger partial charge in [0.25, 0.3) is 0 Å². The van der Waals surface area contributed by atoms with Crippen molar-refractivity contribution in [1.82, 2.24) is 5.06 Å². The van der Waals surface area contributed by atoms with E-state index in [4.69, 9.17) is 19.4 Å². The summed E-state index contributed by atoms with van der Waals surface area (Å²) in [6, 6.07) is 0. The second-order valence-electron chi connectivity index (χ2n) is 7.46. The number of hydrogen-bond donors (Lipinski definition) is 0. The van der Waals surface area contributed by atoms with Crippen molar-refractivity contribution in [1.29, 1.82) is 0 Å². The zero-order valence-electron chi connectivity index (χ0n) is 15.3. The Kier molecular flexibility index (Phi) is 5.12. The van der Waals surface area contributed by atoms with E-state index in [-0.39, 0.29) is 35.7 Å². The number of ether oxygens (including phenoxy) is 3. The van der Waals surface area contributed by atoms with Crippen molar-refractivity contribution < 1.29 is 24.2 Å². The first-order valence-corrected chi connectivity index (χ1v) is 8.60. The number of hydroxylamine groups is 2. The number of esters is 1. The van der Waals surface area contributed by atoms with Crippen LogP contribution < -0.4 is 0 Å². The standard InChI is InChI=1S/C17H31NO5/c1-7-15(5)11-17(12(3)16(6,8-2)18(15)20)22-10-14(23-17)9-21-13(4)19/h12,14,20H,7-11H2,1-6H3/p+1. The Hall–Kier alpha value is -0.690. The summed E-state index contributed by atoms with van der Waals surface area (Å²) in [5.41, 5.74) is -0.646. The maximum atomic E-state index is 11.0. The van der Waals surface area contributed by atoms with Gasteiger partial charge < -0.3 is 19.4 Å². The third kappa shape index (κ3) is 3.02. The van der Waals surface area contributed by atoms with E-state index in [9.17, 15) is 4.79 Å². The average Bonchev–Trinajstić information content (AvgIpc) is 2.93. The molecule has 23 heavy (non-hydrogen) atoms. The predicted octanol–water partition coefficient (Wildman–Crippen LogP) is 1.98. The Morgan fingerprint density at radius 1 is 1.35 bits per heavy atom. The van der Waals surface area contributed by atoms with Gasteiger partial charge in [-0.25, -0.2) is 0 Å². The second-order valence-corrected chi connectivity index (χ2v) is 7.46. The molecule has 2 aliphatic rings. The number of piperidine rings is 1. The summed E-state index contributed by atoms with van der Waals surface area (Å²) >= 11 is 0. The molecule has 2 N–H and O–H groups in total. The van der Waals surface area contributed by atoms with Crippen molar-refractivity contribution in [2.75, 3.05) is 13.2 Å². The Morgan fingerprint density at radius 2 is 2.00 bits per heavy atom. The molecule has 0 bridgehead atoms. The molecule has 0 aromatic rings. The van der Waals surface area contributed by atoms with E-state index < -0.39 is 5.79 Å². The molecular weight excluding hydrogens is 298 g/mol. The van der Waals surface area contributed by atoms with Gasteiger partial charge in [0.15, 0.2) is 5.79 Å². The van der Waals surface area contributed by atoms with Crippen LogP contribution in [0, 0.1) is 5.92 Å². The molecule has 0 saturated carbocycles. The minimum Gasteiger partial charge on any atom is -0.463 e. The molecule has 2 saturated heterocycles. The van der Waals surface area contributed by atoms with Crippen LogP contribution >= 0.6 is 0 Å². The lowest BCUT2D eigenvalue weighted by Crippen LogP contribution is -2.71. The molecule has 2 heterocycles. The highest BCUT2D eigenvalue weighted by molar-refractivity contribution is 5.65. The summed E-state index contributed by atoms with van der Waals surface area (Å²) in [5.74, 6) is -0.974. The number of carbonyl (C=O) groups is 1. The first-order valence-electron chi connectivity index (χ1n) is 8.60. The molecule has 0 amide bonds. The Balaban J connectivity index is 2.26. The van der Waals surface area contributed by atoms with Crippen LogP contribution in [-0.2, 0) is 19.0 Å². The summed E-state index contributed by atoms with van der Waals surface area (Å²) < 4.78 is 17.5. The Bertz CT molecular complexity index is 458. The first kappa shape index (κ1) is 18.6. The highest BCUT2D eigenvalue weighted by Crippen LogP contribution is 2.53. The summed E-state index contributed by atoms with van der Waals surface area (Å²) in [7, 11) is 0. The number of carbonyl (C=O) groups excluding carboxylic acids is 1. The van der Waals surface area contributed by atoms with Crippen LogP contribution in [-0.4, -0.2) is 52.4 Å². The quantitative estimate of drug-likeness (QED) is 0.582. The maximum Gasteiger partial charge on any atom is 0.302 e. The van der Waals surface area contributed by atoms with Gasteiger partial charge in [0.1, 0.15) is 12.7 Å². The van der Waals surface area contributed by atoms with Crippen LogP contribution in [0.25, 0.3) is 0 Å². The van der Waals surface area contributed by atoms with Crippen LogP contribution in [0.5, 0.6) is 0 Å². The van der Waals surface area contributed by atoms with Crippen LogP contribution in [0.4, 0.5) is 0 Å². The van der Waals surface area contributed by atoms with Crippen molar-refractivity contribution in [3.63, 3.8) is 0 Å². The summed E-state index contributed by atoms with van der Waals surface area (Å²) in [5, 5.41) is 10.5. The fraction of sp³-hybridized carbons (Fsp3) is 0.941. The predicted molar refractivity (Wildman–Crippen MR) is 86.8 cm³/mol. The van der Waals surface area contributed by atoms with E-state index in [1.807, 2.05) is 0 Å². The Morgan fingerprint density at radius 3 is 2.52 bits per heavy atom. The van der Waals surface area contributed by atoms with Crippen molar-refractivity contribution in [3.8, 4) is 0 Å². The van der Waals surface area contributed by atoms with Gasteiger partial charge in [0, 0.05) is 19.3 Å². The second kappa shape index (κ2) is 6.31. The molecule has 2 rings (SSSR count). The molecular formula is C17H32NO5+. The smallest absolute Gasteiger partial charge is 0.302 e. The maximum absolute atomic E-state index is 11.0. The summed E-state index contributed by atoms with van der Waals surface area (Å²) in [6.07, 6.45) is 2.10. The van der Waals surface area contributed by atoms with Gasteiger partial charge in [-0.3, -0.25) is 4.79 Å². The molecule has 0 radical (unpaired) electrons. The first-order chi connectivity index (χ1) is 10.6. The highest BCUT2D eigenvalue weighted by atomic mass is 16.8. The zero-order chi connectivity index (χ0) is 17.5. The fourth-order valence-corrected chi connectivity index (χ4v) is 3.99. The lowest BCUT2D eigenvalue weighted by atomic mass is 9.67. The topological polar surface area (TPSA) is 70.9 Å². The van der Waals surface area contributed by atoms with E-state index in [0.717, 1.165) is 12.8 Å². The van der Waals surface area contributed by atoms with Gasteiger partial charge in [-0.2, -0.15) is 0 Å². The van der Waals surface area contributed by atoms with Crippen LogP contribution in [0.1, 0.15) is 60.8 Å². The van der Waals surface area contributed by atoms with Gasteiger partial charge in [-0.05, 0) is 26.7 Å². The summed E-state index contributed by atoms with van der Waals surface area (Å²) in [4.78, 5) is 11.0. The minimum absolute atomic E-state index is 0.0412. The molecule has 0 aromatic carbocycles. The lowest BCUT2D eigenvalue weighted by molar-refractivity contribution is -0.352. The third-order valence-corrected chi connectivity index (χ3v) is 6.10. The van der Waals surface area contributed by atoms with Gasteiger partial charge in [0.2, 0.25) is 0 Å². The molecule has 2 fully saturated rings. The molecule has 2 aliphatic heterocycles. The van der Waals surface area contributed by atoms with Crippen molar-refractivity contribution >= 4 is 5.97 Å². The molecule has 6 nitrogen and oxygen atoms in total. The minimum atomic E-state index is -0.710. The zero-order valence-corrected chi connectivity index (χ0v) is 15.3. The van der Waals surface area contributed by atoms with Gasteiger partial charge in [0.05, 0.1) is 17.7 Å². The van der Waals surface area contributed by atoms with Crippen molar-refractivity contribution in [2.24, 2.45) is 5.92 Å². The van der Waals surface area contributed by atoms with Crippen LogP contribution in [0.15, 0.2) is 0 Å². The molecule has 0 aliphatic carbocycles. The van der Waals surface area contributed by atoms with E-state index in [0.29, 0.717) is 13.0 Å². The highest BCUT2D eigenvalue weighted by Gasteiger charge is 2.65. The van der Waals surface area contributed by atoms with Gasteiger partial charge >= 0.3 is 5.97 Å². The normalized spacial score (nSPS) is 44.7. The molecule has 5 atom stereocenters. The fourth-order valence-electron chi connectivity index (χ4n) is 3.99. The monoisotopic (exact) mass is 330 g/mol.